The van der Waals surface area contributed by atoms with Gasteiger partial charge in [-0.05, 0) is 19.1 Å². The molecule has 15 heavy (non-hydrogen) atoms. The number of aromatic nitrogens is 3. The molecule has 0 aliphatic carbocycles. The molecule has 0 radical (unpaired) electrons. The van der Waals surface area contributed by atoms with Crippen LogP contribution in [0.4, 0.5) is 11.6 Å². The van der Waals surface area contributed by atoms with Crippen LogP contribution in [0.1, 0.15) is 11.3 Å². The number of pyridine rings is 1. The zero-order valence-electron chi connectivity index (χ0n) is 8.15. The molecule has 5 nitrogen and oxygen atoms in total. The van der Waals surface area contributed by atoms with Gasteiger partial charge in [-0.25, -0.2) is 4.98 Å². The molecule has 2 heterocycles. The Bertz CT molecular complexity index is 491. The van der Waals surface area contributed by atoms with Gasteiger partial charge < -0.3 is 5.32 Å². The van der Waals surface area contributed by atoms with E-state index in [1.807, 2.05) is 19.1 Å². The summed E-state index contributed by atoms with van der Waals surface area (Å²) in [5, 5.41) is 18.4. The van der Waals surface area contributed by atoms with Crippen LogP contribution in [-0.2, 0) is 0 Å². The quantitative estimate of drug-likeness (QED) is 0.772. The summed E-state index contributed by atoms with van der Waals surface area (Å²) >= 11 is 0. The topological polar surface area (TPSA) is 77.4 Å². The van der Waals surface area contributed by atoms with Crippen molar-refractivity contribution in [1.82, 2.24) is 15.2 Å². The van der Waals surface area contributed by atoms with E-state index in [2.05, 4.69) is 20.5 Å². The van der Waals surface area contributed by atoms with E-state index in [-0.39, 0.29) is 0 Å². The van der Waals surface area contributed by atoms with Crippen molar-refractivity contribution < 1.29 is 0 Å². The van der Waals surface area contributed by atoms with Gasteiger partial charge in [0, 0.05) is 18.0 Å². The number of aromatic amines is 1. The molecule has 0 saturated carbocycles. The maximum absolute atomic E-state index is 8.59. The molecule has 5 heteroatoms. The molecule has 0 saturated heterocycles. The minimum Gasteiger partial charge on any atom is -0.323 e. The lowest BCUT2D eigenvalue weighted by atomic mass is 10.3. The lowest BCUT2D eigenvalue weighted by molar-refractivity contribution is 1.05. The van der Waals surface area contributed by atoms with Gasteiger partial charge in [-0.2, -0.15) is 10.4 Å². The lowest BCUT2D eigenvalue weighted by Gasteiger charge is -1.99. The maximum Gasteiger partial charge on any atom is 0.153 e. The maximum atomic E-state index is 8.59. The minimum absolute atomic E-state index is 0.541. The van der Waals surface area contributed by atoms with Crippen LogP contribution in [0.5, 0.6) is 0 Å². The molecule has 0 aliphatic heterocycles. The van der Waals surface area contributed by atoms with Gasteiger partial charge in [-0.3, -0.25) is 5.10 Å². The molecule has 2 aromatic heterocycles. The summed E-state index contributed by atoms with van der Waals surface area (Å²) in [6.07, 6.45) is 1.52. The van der Waals surface area contributed by atoms with Crippen LogP contribution in [0.15, 0.2) is 24.4 Å². The predicted molar refractivity (Wildman–Crippen MR) is 55.6 cm³/mol. The highest BCUT2D eigenvalue weighted by molar-refractivity contribution is 5.52. The number of hydrogen-bond acceptors (Lipinski definition) is 4. The molecule has 74 valence electrons. The van der Waals surface area contributed by atoms with Gasteiger partial charge >= 0.3 is 0 Å². The average Bonchev–Trinajstić information content (AvgIpc) is 2.65. The van der Waals surface area contributed by atoms with Crippen LogP contribution in [0.3, 0.4) is 0 Å². The third kappa shape index (κ3) is 2.11. The Morgan fingerprint density at radius 1 is 1.40 bits per heavy atom. The van der Waals surface area contributed by atoms with Crippen LogP contribution in [0.2, 0.25) is 0 Å². The van der Waals surface area contributed by atoms with Crippen molar-refractivity contribution in [2.75, 3.05) is 5.32 Å². The van der Waals surface area contributed by atoms with E-state index in [1.165, 1.54) is 6.20 Å². The van der Waals surface area contributed by atoms with E-state index in [0.29, 0.717) is 17.2 Å². The molecule has 0 aliphatic rings. The average molecular weight is 199 g/mol. The van der Waals surface area contributed by atoms with Gasteiger partial charge in [0.1, 0.15) is 11.9 Å². The van der Waals surface area contributed by atoms with Gasteiger partial charge in [0.2, 0.25) is 0 Å². The highest BCUT2D eigenvalue weighted by atomic mass is 15.2. The van der Waals surface area contributed by atoms with Crippen LogP contribution in [0.25, 0.3) is 0 Å². The second-order valence-corrected chi connectivity index (χ2v) is 3.11. The van der Waals surface area contributed by atoms with Crippen molar-refractivity contribution in [3.8, 4) is 6.07 Å². The van der Waals surface area contributed by atoms with Crippen LogP contribution in [-0.4, -0.2) is 15.2 Å². The monoisotopic (exact) mass is 199 g/mol. The Morgan fingerprint density at radius 2 is 2.27 bits per heavy atom. The molecular weight excluding hydrogens is 190 g/mol. The zero-order valence-corrected chi connectivity index (χ0v) is 8.15. The number of nitriles is 1. The summed E-state index contributed by atoms with van der Waals surface area (Å²) in [7, 11) is 0. The standard InChI is InChI=1S/C10H9N5/c1-7-4-10(15-14-7)13-9-3-2-8(5-11)6-12-9/h2-4,6H,1H3,(H2,12,13,14,15). The van der Waals surface area contributed by atoms with Crippen molar-refractivity contribution in [3.63, 3.8) is 0 Å². The number of hydrogen-bond donors (Lipinski definition) is 2. The predicted octanol–water partition coefficient (Wildman–Crippen LogP) is 1.73. The van der Waals surface area contributed by atoms with Crippen LogP contribution >= 0.6 is 0 Å². The fourth-order valence-corrected chi connectivity index (χ4v) is 1.15. The third-order valence-corrected chi connectivity index (χ3v) is 1.85. The largest absolute Gasteiger partial charge is 0.323 e. The summed E-state index contributed by atoms with van der Waals surface area (Å²) in [6, 6.07) is 7.33. The first-order valence-electron chi connectivity index (χ1n) is 4.43. The van der Waals surface area contributed by atoms with Gasteiger partial charge in [0.25, 0.3) is 0 Å². The van der Waals surface area contributed by atoms with E-state index in [4.69, 9.17) is 5.26 Å². The highest BCUT2D eigenvalue weighted by Gasteiger charge is 1.99. The summed E-state index contributed by atoms with van der Waals surface area (Å²) < 4.78 is 0. The number of anilines is 2. The molecule has 0 fully saturated rings. The van der Waals surface area contributed by atoms with Crippen molar-refractivity contribution >= 4 is 11.6 Å². The zero-order chi connectivity index (χ0) is 10.7. The molecule has 2 aromatic rings. The summed E-state index contributed by atoms with van der Waals surface area (Å²) in [4.78, 5) is 4.07. The normalized spacial score (nSPS) is 9.60. The second kappa shape index (κ2) is 3.80. The van der Waals surface area contributed by atoms with E-state index in [1.54, 1.807) is 12.1 Å². The van der Waals surface area contributed by atoms with Crippen LogP contribution in [0, 0.1) is 18.3 Å². The third-order valence-electron chi connectivity index (χ3n) is 1.85. The molecule has 0 amide bonds. The van der Waals surface area contributed by atoms with E-state index in [0.717, 1.165) is 5.69 Å². The smallest absolute Gasteiger partial charge is 0.153 e. The molecular formula is C10H9N5. The van der Waals surface area contributed by atoms with Gasteiger partial charge in [-0.15, -0.1) is 0 Å². The molecule has 0 spiro atoms. The van der Waals surface area contributed by atoms with Gasteiger partial charge in [0.05, 0.1) is 5.56 Å². The Balaban J connectivity index is 2.15. The fraction of sp³-hybridized carbons (Fsp3) is 0.100. The van der Waals surface area contributed by atoms with Crippen molar-refractivity contribution in [1.29, 1.82) is 5.26 Å². The number of nitrogens with zero attached hydrogens (tertiary/aromatic N) is 3. The lowest BCUT2D eigenvalue weighted by Crippen LogP contribution is -1.93. The van der Waals surface area contributed by atoms with Gasteiger partial charge in [0.15, 0.2) is 5.82 Å². The molecule has 0 aromatic carbocycles. The van der Waals surface area contributed by atoms with E-state index >= 15 is 0 Å². The summed E-state index contributed by atoms with van der Waals surface area (Å²) in [6.45, 7) is 1.92. The first-order valence-corrected chi connectivity index (χ1v) is 4.43. The van der Waals surface area contributed by atoms with E-state index < -0.39 is 0 Å². The second-order valence-electron chi connectivity index (χ2n) is 3.11. The number of nitrogens with one attached hydrogen (secondary N) is 2. The van der Waals surface area contributed by atoms with Crippen molar-refractivity contribution in [2.24, 2.45) is 0 Å². The minimum atomic E-state index is 0.541. The summed E-state index contributed by atoms with van der Waals surface area (Å²) in [5.74, 6) is 1.38. The molecule has 0 bridgehead atoms. The Morgan fingerprint density at radius 3 is 2.80 bits per heavy atom. The summed E-state index contributed by atoms with van der Waals surface area (Å²) in [5.41, 5.74) is 1.52. The van der Waals surface area contributed by atoms with Crippen molar-refractivity contribution in [2.45, 2.75) is 6.92 Å². The first-order chi connectivity index (χ1) is 7.28. The molecule has 0 unspecified atom stereocenters. The Hall–Kier alpha value is -2.35. The van der Waals surface area contributed by atoms with E-state index in [9.17, 15) is 0 Å². The van der Waals surface area contributed by atoms with Crippen molar-refractivity contribution in [3.05, 3.63) is 35.7 Å². The molecule has 0 atom stereocenters. The molecule has 2 rings (SSSR count). The SMILES string of the molecule is Cc1cc(Nc2ccc(C#N)cn2)n[nH]1. The van der Waals surface area contributed by atoms with Gasteiger partial charge in [-0.1, -0.05) is 0 Å². The Kier molecular flexibility index (Phi) is 2.33. The number of rotatable bonds is 2. The Labute approximate surface area is 86.8 Å². The number of H-pyrrole nitrogens is 1. The fourth-order valence-electron chi connectivity index (χ4n) is 1.15. The first kappa shape index (κ1) is 9.21. The molecule has 2 N–H and O–H groups in total. The van der Waals surface area contributed by atoms with Crippen LogP contribution < -0.4 is 5.32 Å². The highest BCUT2D eigenvalue weighted by Crippen LogP contribution is 2.12. The number of aryl methyl sites for hydroxylation is 1.